The summed E-state index contributed by atoms with van der Waals surface area (Å²) in [6.45, 7) is 0. The molecule has 0 heterocycles. The molecule has 0 aliphatic carbocycles. The van der Waals surface area contributed by atoms with E-state index in [1.807, 2.05) is 30.3 Å². The number of alkyl halides is 2. The van der Waals surface area contributed by atoms with Gasteiger partial charge in [-0.05, 0) is 45.9 Å². The summed E-state index contributed by atoms with van der Waals surface area (Å²) in [5.41, 5.74) is 1.86. The van der Waals surface area contributed by atoms with E-state index >= 15 is 0 Å². The Labute approximate surface area is 128 Å². The molecule has 5 heteroatoms. The van der Waals surface area contributed by atoms with E-state index in [1.54, 1.807) is 12.1 Å². The first-order valence-electron chi connectivity index (χ1n) is 5.72. The molecule has 0 saturated carbocycles. The van der Waals surface area contributed by atoms with E-state index in [1.165, 1.54) is 12.1 Å². The Morgan fingerprint density at radius 3 is 2.05 bits per heavy atom. The van der Waals surface area contributed by atoms with Crippen molar-refractivity contribution in [3.8, 4) is 16.9 Å². The summed E-state index contributed by atoms with van der Waals surface area (Å²) in [5, 5.41) is 0. The van der Waals surface area contributed by atoms with Crippen LogP contribution in [0.3, 0.4) is 0 Å². The maximum Gasteiger partial charge on any atom is 0.423 e. The third-order valence-corrected chi connectivity index (χ3v) is 2.80. The van der Waals surface area contributed by atoms with Crippen LogP contribution in [0, 0.1) is 0 Å². The normalized spacial score (nSPS) is 12.3. The Morgan fingerprint density at radius 1 is 0.950 bits per heavy atom. The summed E-state index contributed by atoms with van der Waals surface area (Å²) in [4.78, 5) is 0. The van der Waals surface area contributed by atoms with Crippen LogP contribution < -0.4 is 4.74 Å². The number of benzene rings is 2. The highest BCUT2D eigenvalue weighted by atomic mass is 127. The van der Waals surface area contributed by atoms with Gasteiger partial charge in [-0.1, -0.05) is 42.5 Å². The lowest BCUT2D eigenvalue weighted by atomic mass is 10.1. The van der Waals surface area contributed by atoms with Gasteiger partial charge in [0.25, 0.3) is 0 Å². The standard InChI is InChI=1S/C15H10F3IO/c16-14(19)10-15(17,18)20-13-8-6-12(7-9-13)11-4-2-1-3-5-11/h1-10H. The Hall–Kier alpha value is -1.50. The van der Waals surface area contributed by atoms with E-state index in [9.17, 15) is 13.2 Å². The minimum absolute atomic E-state index is 0.0245. The summed E-state index contributed by atoms with van der Waals surface area (Å²) in [6, 6.07) is 15.7. The molecule has 0 aliphatic rings. The average Bonchev–Trinajstić information content (AvgIpc) is 2.38. The predicted molar refractivity (Wildman–Crippen MR) is 80.7 cm³/mol. The summed E-state index contributed by atoms with van der Waals surface area (Å²) in [6.07, 6.45) is -3.54. The van der Waals surface area contributed by atoms with Crippen molar-refractivity contribution >= 4 is 22.6 Å². The molecule has 0 bridgehead atoms. The second kappa shape index (κ2) is 6.30. The number of hydrogen-bond acceptors (Lipinski definition) is 1. The second-order valence-electron chi connectivity index (χ2n) is 3.99. The molecule has 104 valence electrons. The lowest BCUT2D eigenvalue weighted by molar-refractivity contribution is -0.132. The van der Waals surface area contributed by atoms with Gasteiger partial charge in [0.1, 0.15) is 5.75 Å². The van der Waals surface area contributed by atoms with E-state index < -0.39 is 9.94 Å². The van der Waals surface area contributed by atoms with E-state index in [4.69, 9.17) is 0 Å². The van der Waals surface area contributed by atoms with Crippen LogP contribution in [0.5, 0.6) is 5.75 Å². The van der Waals surface area contributed by atoms with Crippen LogP contribution in [0.4, 0.5) is 13.2 Å². The van der Waals surface area contributed by atoms with Crippen molar-refractivity contribution < 1.29 is 17.9 Å². The van der Waals surface area contributed by atoms with Gasteiger partial charge in [-0.2, -0.15) is 13.2 Å². The molecule has 0 N–H and O–H groups in total. The van der Waals surface area contributed by atoms with Crippen LogP contribution in [0.1, 0.15) is 0 Å². The van der Waals surface area contributed by atoms with Gasteiger partial charge in [0.2, 0.25) is 0 Å². The Morgan fingerprint density at radius 2 is 1.50 bits per heavy atom. The fourth-order valence-corrected chi connectivity index (χ4v) is 2.02. The average molecular weight is 390 g/mol. The fourth-order valence-electron chi connectivity index (χ4n) is 1.66. The first kappa shape index (κ1) is 14.9. The molecule has 2 rings (SSSR count). The van der Waals surface area contributed by atoms with Crippen molar-refractivity contribution in [2.45, 2.75) is 6.11 Å². The van der Waals surface area contributed by atoms with Gasteiger partial charge in [0.15, 0.2) is 3.83 Å². The minimum Gasteiger partial charge on any atom is -0.429 e. The molecule has 2 aromatic rings. The van der Waals surface area contributed by atoms with E-state index in [-0.39, 0.29) is 11.8 Å². The topological polar surface area (TPSA) is 9.23 Å². The quantitative estimate of drug-likeness (QED) is 0.621. The van der Waals surface area contributed by atoms with Gasteiger partial charge in [0.05, 0.1) is 6.08 Å². The molecule has 1 nitrogen and oxygen atoms in total. The third-order valence-electron chi connectivity index (χ3n) is 2.49. The Balaban J connectivity index is 2.15. The maximum atomic E-state index is 13.2. The highest BCUT2D eigenvalue weighted by Crippen LogP contribution is 2.28. The molecule has 0 amide bonds. The molecule has 2 aromatic carbocycles. The first-order valence-corrected chi connectivity index (χ1v) is 6.80. The zero-order chi connectivity index (χ0) is 14.6. The predicted octanol–water partition coefficient (Wildman–Crippen LogP) is 5.57. The molecule has 0 spiro atoms. The van der Waals surface area contributed by atoms with Crippen molar-refractivity contribution in [3.05, 3.63) is 64.5 Å². The van der Waals surface area contributed by atoms with Gasteiger partial charge in [-0.25, -0.2) is 0 Å². The monoisotopic (exact) mass is 390 g/mol. The van der Waals surface area contributed by atoms with Gasteiger partial charge in [-0.15, -0.1) is 0 Å². The summed E-state index contributed by atoms with van der Waals surface area (Å²) >= 11 is 1.16. The zero-order valence-electron chi connectivity index (χ0n) is 10.2. The van der Waals surface area contributed by atoms with Crippen molar-refractivity contribution in [2.75, 3.05) is 0 Å². The Kier molecular flexibility index (Phi) is 4.69. The third kappa shape index (κ3) is 4.26. The molecular weight excluding hydrogens is 380 g/mol. The molecule has 0 aromatic heterocycles. The molecule has 0 atom stereocenters. The van der Waals surface area contributed by atoms with E-state index in [2.05, 4.69) is 4.74 Å². The van der Waals surface area contributed by atoms with Crippen LogP contribution in [-0.4, -0.2) is 6.11 Å². The molecule has 20 heavy (non-hydrogen) atoms. The summed E-state index contributed by atoms with van der Waals surface area (Å²) < 4.78 is 42.4. The largest absolute Gasteiger partial charge is 0.429 e. The van der Waals surface area contributed by atoms with Crippen LogP contribution in [0.2, 0.25) is 0 Å². The highest BCUT2D eigenvalue weighted by molar-refractivity contribution is 14.1. The lowest BCUT2D eigenvalue weighted by Gasteiger charge is -2.14. The van der Waals surface area contributed by atoms with Crippen LogP contribution in [0.15, 0.2) is 64.5 Å². The molecule has 0 radical (unpaired) electrons. The highest BCUT2D eigenvalue weighted by Gasteiger charge is 2.29. The number of ether oxygens (including phenoxy) is 1. The summed E-state index contributed by atoms with van der Waals surface area (Å²) in [5.74, 6) is -0.0245. The maximum absolute atomic E-state index is 13.2. The minimum atomic E-state index is -3.67. The van der Waals surface area contributed by atoms with Gasteiger partial charge in [-0.3, -0.25) is 0 Å². The SMILES string of the molecule is FC(I)=CC(F)(F)Oc1ccc(-c2ccccc2)cc1. The van der Waals surface area contributed by atoms with Gasteiger partial charge >= 0.3 is 6.11 Å². The smallest absolute Gasteiger partial charge is 0.423 e. The molecule has 0 fully saturated rings. The van der Waals surface area contributed by atoms with Gasteiger partial charge in [0, 0.05) is 0 Å². The van der Waals surface area contributed by atoms with E-state index in [0.29, 0.717) is 0 Å². The van der Waals surface area contributed by atoms with Crippen molar-refractivity contribution in [1.82, 2.24) is 0 Å². The van der Waals surface area contributed by atoms with Gasteiger partial charge < -0.3 is 4.74 Å². The van der Waals surface area contributed by atoms with E-state index in [0.717, 1.165) is 33.7 Å². The molecule has 0 saturated heterocycles. The second-order valence-corrected chi connectivity index (χ2v) is 5.02. The number of halogens is 4. The number of rotatable bonds is 4. The zero-order valence-corrected chi connectivity index (χ0v) is 12.4. The molecule has 0 aliphatic heterocycles. The molecular formula is C15H10F3IO. The van der Waals surface area contributed by atoms with Crippen molar-refractivity contribution in [2.24, 2.45) is 0 Å². The van der Waals surface area contributed by atoms with Crippen molar-refractivity contribution in [1.29, 1.82) is 0 Å². The molecule has 0 unspecified atom stereocenters. The Bertz CT molecular complexity index is 590. The lowest BCUT2D eigenvalue weighted by Crippen LogP contribution is -2.21. The summed E-state index contributed by atoms with van der Waals surface area (Å²) in [7, 11) is 0. The number of hydrogen-bond donors (Lipinski definition) is 0. The van der Waals surface area contributed by atoms with Crippen molar-refractivity contribution in [3.63, 3.8) is 0 Å². The van der Waals surface area contributed by atoms with Crippen LogP contribution in [-0.2, 0) is 0 Å². The first-order chi connectivity index (χ1) is 9.46. The van der Waals surface area contributed by atoms with Crippen LogP contribution in [0.25, 0.3) is 11.1 Å². The fraction of sp³-hybridized carbons (Fsp3) is 0.0667. The van der Waals surface area contributed by atoms with Crippen LogP contribution >= 0.6 is 22.6 Å².